The number of carbonyl (C=O) groups excluding carboxylic acids is 1. The van der Waals surface area contributed by atoms with Crippen molar-refractivity contribution in [1.29, 1.82) is 0 Å². The molecule has 2 saturated heterocycles. The van der Waals surface area contributed by atoms with Crippen LogP contribution in [-0.4, -0.2) is 30.1 Å². The van der Waals surface area contributed by atoms with E-state index in [1.54, 1.807) is 0 Å². The van der Waals surface area contributed by atoms with Crippen LogP contribution in [0.5, 0.6) is 0 Å². The lowest BCUT2D eigenvalue weighted by molar-refractivity contribution is 0.139. The fourth-order valence-electron chi connectivity index (χ4n) is 3.36. The van der Waals surface area contributed by atoms with Crippen LogP contribution in [0.25, 0.3) is 0 Å². The number of urea groups is 1. The molecule has 0 spiro atoms. The summed E-state index contributed by atoms with van der Waals surface area (Å²) in [5, 5.41) is 0. The van der Waals surface area contributed by atoms with Gasteiger partial charge in [-0.3, -0.25) is 4.90 Å². The van der Waals surface area contributed by atoms with E-state index in [1.165, 1.54) is 18.4 Å². The molecule has 20 heavy (non-hydrogen) atoms. The van der Waals surface area contributed by atoms with Crippen LogP contribution in [0.1, 0.15) is 51.0 Å². The van der Waals surface area contributed by atoms with Crippen LogP contribution in [0.3, 0.4) is 0 Å². The molecule has 1 atom stereocenters. The second-order valence-corrected chi connectivity index (χ2v) is 6.31. The number of benzene rings is 1. The van der Waals surface area contributed by atoms with Gasteiger partial charge in [-0.05, 0) is 49.3 Å². The van der Waals surface area contributed by atoms with Gasteiger partial charge in [-0.2, -0.15) is 0 Å². The number of carbonyl (C=O) groups is 1. The van der Waals surface area contributed by atoms with E-state index in [4.69, 9.17) is 0 Å². The van der Waals surface area contributed by atoms with E-state index >= 15 is 0 Å². The largest absolute Gasteiger partial charge is 0.324 e. The molecule has 2 aliphatic heterocycles. The van der Waals surface area contributed by atoms with Crippen LogP contribution in [-0.2, 0) is 0 Å². The average molecular weight is 272 g/mol. The molecule has 2 amide bonds. The third-order valence-electron chi connectivity index (χ3n) is 4.66. The Bertz CT molecular complexity index is 480. The standard InChI is InChI=1S/C17H24N2O/c1-13(2)14-6-8-16(9-7-14)19-12-10-15-5-3-4-11-18(15)17(19)20/h6-9,13,15H,3-5,10-12H2,1-2H3. The third kappa shape index (κ3) is 2.41. The van der Waals surface area contributed by atoms with Crippen LogP contribution in [0.4, 0.5) is 10.5 Å². The number of nitrogens with zero attached hydrogens (tertiary/aromatic N) is 2. The molecular weight excluding hydrogens is 248 g/mol. The van der Waals surface area contributed by atoms with E-state index in [-0.39, 0.29) is 6.03 Å². The predicted molar refractivity (Wildman–Crippen MR) is 82.2 cm³/mol. The molecule has 2 fully saturated rings. The summed E-state index contributed by atoms with van der Waals surface area (Å²) in [7, 11) is 0. The van der Waals surface area contributed by atoms with Gasteiger partial charge in [0.05, 0.1) is 0 Å². The Kier molecular flexibility index (Phi) is 3.68. The van der Waals surface area contributed by atoms with E-state index < -0.39 is 0 Å². The quantitative estimate of drug-likeness (QED) is 0.798. The first-order valence-corrected chi connectivity index (χ1v) is 7.85. The van der Waals surface area contributed by atoms with Gasteiger partial charge >= 0.3 is 6.03 Å². The zero-order chi connectivity index (χ0) is 14.1. The summed E-state index contributed by atoms with van der Waals surface area (Å²) in [6.07, 6.45) is 4.73. The van der Waals surface area contributed by atoms with Gasteiger partial charge in [0.1, 0.15) is 0 Å². The van der Waals surface area contributed by atoms with Crippen molar-refractivity contribution in [2.24, 2.45) is 0 Å². The minimum Gasteiger partial charge on any atom is -0.321 e. The van der Waals surface area contributed by atoms with Crippen molar-refractivity contribution >= 4 is 11.7 Å². The van der Waals surface area contributed by atoms with Crippen molar-refractivity contribution in [3.05, 3.63) is 29.8 Å². The molecular formula is C17H24N2O. The first-order chi connectivity index (χ1) is 9.66. The Balaban J connectivity index is 1.78. The van der Waals surface area contributed by atoms with E-state index in [0.29, 0.717) is 12.0 Å². The molecule has 3 heteroatoms. The minimum absolute atomic E-state index is 0.207. The van der Waals surface area contributed by atoms with Crippen molar-refractivity contribution in [3.8, 4) is 0 Å². The molecule has 3 nitrogen and oxygen atoms in total. The fourth-order valence-corrected chi connectivity index (χ4v) is 3.36. The molecule has 0 saturated carbocycles. The highest BCUT2D eigenvalue weighted by molar-refractivity contribution is 5.93. The molecule has 0 N–H and O–H groups in total. The molecule has 2 heterocycles. The summed E-state index contributed by atoms with van der Waals surface area (Å²) < 4.78 is 0. The highest BCUT2D eigenvalue weighted by Crippen LogP contribution is 2.29. The topological polar surface area (TPSA) is 23.6 Å². The predicted octanol–water partition coefficient (Wildman–Crippen LogP) is 3.99. The SMILES string of the molecule is CC(C)c1ccc(N2CCC3CCCCN3C2=O)cc1. The Morgan fingerprint density at radius 2 is 1.80 bits per heavy atom. The highest BCUT2D eigenvalue weighted by atomic mass is 16.2. The molecule has 108 valence electrons. The second-order valence-electron chi connectivity index (χ2n) is 6.31. The van der Waals surface area contributed by atoms with Gasteiger partial charge in [0.15, 0.2) is 0 Å². The number of hydrogen-bond donors (Lipinski definition) is 0. The summed E-state index contributed by atoms with van der Waals surface area (Å²) in [4.78, 5) is 16.7. The molecule has 3 rings (SSSR count). The number of anilines is 1. The van der Waals surface area contributed by atoms with Gasteiger partial charge in [0.25, 0.3) is 0 Å². The fraction of sp³-hybridized carbons (Fsp3) is 0.588. The normalized spacial score (nSPS) is 23.1. The van der Waals surface area contributed by atoms with Crippen molar-refractivity contribution in [1.82, 2.24) is 4.90 Å². The Morgan fingerprint density at radius 3 is 2.50 bits per heavy atom. The van der Waals surface area contributed by atoms with E-state index in [0.717, 1.165) is 31.6 Å². The summed E-state index contributed by atoms with van der Waals surface area (Å²) >= 11 is 0. The molecule has 1 aromatic rings. The van der Waals surface area contributed by atoms with Crippen molar-refractivity contribution < 1.29 is 4.79 Å². The molecule has 0 aromatic heterocycles. The van der Waals surface area contributed by atoms with Gasteiger partial charge in [0.2, 0.25) is 0 Å². The molecule has 0 bridgehead atoms. The zero-order valence-electron chi connectivity index (χ0n) is 12.5. The Morgan fingerprint density at radius 1 is 1.05 bits per heavy atom. The third-order valence-corrected chi connectivity index (χ3v) is 4.66. The van der Waals surface area contributed by atoms with Gasteiger partial charge in [-0.15, -0.1) is 0 Å². The van der Waals surface area contributed by atoms with Crippen molar-refractivity contribution in [2.75, 3.05) is 18.0 Å². The van der Waals surface area contributed by atoms with E-state index in [1.807, 2.05) is 4.90 Å². The maximum Gasteiger partial charge on any atom is 0.324 e. The maximum absolute atomic E-state index is 12.6. The lowest BCUT2D eigenvalue weighted by Gasteiger charge is -2.44. The van der Waals surface area contributed by atoms with Crippen molar-refractivity contribution in [3.63, 3.8) is 0 Å². The molecule has 0 aliphatic carbocycles. The lowest BCUT2D eigenvalue weighted by Crippen LogP contribution is -2.56. The first kappa shape index (κ1) is 13.5. The smallest absolute Gasteiger partial charge is 0.321 e. The second kappa shape index (κ2) is 5.47. The molecule has 2 aliphatic rings. The highest BCUT2D eigenvalue weighted by Gasteiger charge is 2.35. The minimum atomic E-state index is 0.207. The zero-order valence-corrected chi connectivity index (χ0v) is 12.5. The van der Waals surface area contributed by atoms with Gasteiger partial charge < -0.3 is 4.90 Å². The van der Waals surface area contributed by atoms with Gasteiger partial charge in [-0.1, -0.05) is 26.0 Å². The molecule has 1 unspecified atom stereocenters. The van der Waals surface area contributed by atoms with Gasteiger partial charge in [0, 0.05) is 24.8 Å². The van der Waals surface area contributed by atoms with Crippen LogP contribution >= 0.6 is 0 Å². The maximum atomic E-state index is 12.6. The monoisotopic (exact) mass is 272 g/mol. The molecule has 1 aromatic carbocycles. The summed E-state index contributed by atoms with van der Waals surface area (Å²) in [6, 6.07) is 9.18. The Hall–Kier alpha value is -1.51. The van der Waals surface area contributed by atoms with Gasteiger partial charge in [-0.25, -0.2) is 4.79 Å². The first-order valence-electron chi connectivity index (χ1n) is 7.85. The average Bonchev–Trinajstić information content (AvgIpc) is 2.48. The van der Waals surface area contributed by atoms with E-state index in [2.05, 4.69) is 43.0 Å². The van der Waals surface area contributed by atoms with E-state index in [9.17, 15) is 4.79 Å². The van der Waals surface area contributed by atoms with Crippen LogP contribution < -0.4 is 4.90 Å². The number of fused-ring (bicyclic) bond motifs is 1. The number of amides is 2. The van der Waals surface area contributed by atoms with Crippen LogP contribution in [0.2, 0.25) is 0 Å². The summed E-state index contributed by atoms with van der Waals surface area (Å²) in [6.45, 7) is 6.18. The number of hydrogen-bond acceptors (Lipinski definition) is 1. The van der Waals surface area contributed by atoms with Crippen molar-refractivity contribution in [2.45, 2.75) is 51.5 Å². The summed E-state index contributed by atoms with van der Waals surface area (Å²) in [5.74, 6) is 0.535. The van der Waals surface area contributed by atoms with Crippen LogP contribution in [0.15, 0.2) is 24.3 Å². The van der Waals surface area contributed by atoms with Crippen LogP contribution in [0, 0.1) is 0 Å². The summed E-state index contributed by atoms with van der Waals surface area (Å²) in [5.41, 5.74) is 2.37. The Labute approximate surface area is 121 Å². The molecule has 0 radical (unpaired) electrons. The number of rotatable bonds is 2. The number of piperidine rings is 1. The lowest BCUT2D eigenvalue weighted by atomic mass is 9.97.